The van der Waals surface area contributed by atoms with E-state index >= 15 is 0 Å². The first-order chi connectivity index (χ1) is 11.2. The van der Waals surface area contributed by atoms with Crippen LogP contribution in [-0.2, 0) is 6.42 Å². The Morgan fingerprint density at radius 1 is 1.13 bits per heavy atom. The molecule has 0 aliphatic heterocycles. The lowest BCUT2D eigenvalue weighted by Gasteiger charge is -2.09. The average molecular weight is 312 g/mol. The number of benzene rings is 1. The van der Waals surface area contributed by atoms with E-state index in [2.05, 4.69) is 10.2 Å². The SMILES string of the molecule is COc1ccc(-c2cc(Cc3ccco3)c(=O)[nH]n2)cc1OC. The van der Waals surface area contributed by atoms with Gasteiger partial charge in [-0.25, -0.2) is 5.10 Å². The first-order valence-corrected chi connectivity index (χ1v) is 7.04. The minimum atomic E-state index is -0.231. The smallest absolute Gasteiger partial charge is 0.267 e. The van der Waals surface area contributed by atoms with Gasteiger partial charge in [-0.1, -0.05) is 0 Å². The molecule has 0 fully saturated rings. The molecule has 0 saturated heterocycles. The van der Waals surface area contributed by atoms with Crippen molar-refractivity contribution >= 4 is 0 Å². The van der Waals surface area contributed by atoms with E-state index in [1.165, 1.54) is 0 Å². The van der Waals surface area contributed by atoms with Crippen molar-refractivity contribution in [3.63, 3.8) is 0 Å². The lowest BCUT2D eigenvalue weighted by Crippen LogP contribution is -2.14. The minimum Gasteiger partial charge on any atom is -0.493 e. The third-order valence-corrected chi connectivity index (χ3v) is 3.50. The second kappa shape index (κ2) is 6.39. The van der Waals surface area contributed by atoms with Gasteiger partial charge in [-0.05, 0) is 36.4 Å². The third kappa shape index (κ3) is 3.11. The van der Waals surface area contributed by atoms with Crippen LogP contribution < -0.4 is 15.0 Å². The van der Waals surface area contributed by atoms with E-state index in [0.29, 0.717) is 29.2 Å². The Labute approximate surface area is 132 Å². The zero-order chi connectivity index (χ0) is 16.2. The largest absolute Gasteiger partial charge is 0.493 e. The van der Waals surface area contributed by atoms with Crippen molar-refractivity contribution in [3.05, 3.63) is 64.3 Å². The molecule has 0 radical (unpaired) electrons. The molecule has 6 nitrogen and oxygen atoms in total. The van der Waals surface area contributed by atoms with Crippen LogP contribution >= 0.6 is 0 Å². The van der Waals surface area contributed by atoms with Crippen LogP contribution in [0.4, 0.5) is 0 Å². The van der Waals surface area contributed by atoms with E-state index in [-0.39, 0.29) is 5.56 Å². The Hall–Kier alpha value is -3.02. The normalized spacial score (nSPS) is 10.5. The second-order valence-electron chi connectivity index (χ2n) is 4.93. The molecule has 1 aromatic carbocycles. The fraction of sp³-hybridized carbons (Fsp3) is 0.176. The number of hydrogen-bond donors (Lipinski definition) is 1. The van der Waals surface area contributed by atoms with Crippen molar-refractivity contribution < 1.29 is 13.9 Å². The van der Waals surface area contributed by atoms with Gasteiger partial charge < -0.3 is 13.9 Å². The van der Waals surface area contributed by atoms with Gasteiger partial charge in [0.1, 0.15) is 5.76 Å². The second-order valence-corrected chi connectivity index (χ2v) is 4.93. The molecule has 0 amide bonds. The number of methoxy groups -OCH3 is 2. The number of nitrogens with one attached hydrogen (secondary N) is 1. The van der Waals surface area contributed by atoms with Gasteiger partial charge in [0.15, 0.2) is 11.5 Å². The molecule has 1 N–H and O–H groups in total. The highest BCUT2D eigenvalue weighted by Gasteiger charge is 2.10. The lowest BCUT2D eigenvalue weighted by atomic mass is 10.1. The highest BCUT2D eigenvalue weighted by molar-refractivity contribution is 5.64. The first kappa shape index (κ1) is 14.9. The van der Waals surface area contributed by atoms with Gasteiger partial charge in [-0.3, -0.25) is 4.79 Å². The lowest BCUT2D eigenvalue weighted by molar-refractivity contribution is 0.355. The summed E-state index contributed by atoms with van der Waals surface area (Å²) < 4.78 is 15.8. The highest BCUT2D eigenvalue weighted by Crippen LogP contribution is 2.31. The summed E-state index contributed by atoms with van der Waals surface area (Å²) in [5, 5.41) is 6.63. The quantitative estimate of drug-likeness (QED) is 0.783. The summed E-state index contributed by atoms with van der Waals surface area (Å²) in [6, 6.07) is 10.8. The fourth-order valence-corrected chi connectivity index (χ4v) is 2.32. The van der Waals surface area contributed by atoms with Gasteiger partial charge in [0.2, 0.25) is 0 Å². The van der Waals surface area contributed by atoms with Gasteiger partial charge in [-0.15, -0.1) is 0 Å². The van der Waals surface area contributed by atoms with Crippen LogP contribution in [0.5, 0.6) is 11.5 Å². The summed E-state index contributed by atoms with van der Waals surface area (Å²) in [6.45, 7) is 0. The van der Waals surface area contributed by atoms with Crippen LogP contribution in [0, 0.1) is 0 Å². The Morgan fingerprint density at radius 3 is 2.65 bits per heavy atom. The Bertz CT molecular complexity index is 853. The van der Waals surface area contributed by atoms with E-state index in [4.69, 9.17) is 13.9 Å². The maximum Gasteiger partial charge on any atom is 0.267 e. The molecule has 6 heteroatoms. The van der Waals surface area contributed by atoms with Crippen LogP contribution in [0.3, 0.4) is 0 Å². The maximum absolute atomic E-state index is 11.9. The molecule has 2 heterocycles. The molecule has 118 valence electrons. The van der Waals surface area contributed by atoms with Crippen molar-refractivity contribution in [2.75, 3.05) is 14.2 Å². The standard InChI is InChI=1S/C17H16N2O4/c1-21-15-6-5-11(10-16(15)22-2)14-9-12(17(20)19-18-14)8-13-4-3-7-23-13/h3-7,9-10H,8H2,1-2H3,(H,19,20). The highest BCUT2D eigenvalue weighted by atomic mass is 16.5. The molecule has 0 atom stereocenters. The van der Waals surface area contributed by atoms with Gasteiger partial charge in [0.25, 0.3) is 5.56 Å². The van der Waals surface area contributed by atoms with Crippen LogP contribution in [-0.4, -0.2) is 24.4 Å². The molecule has 3 aromatic rings. The van der Waals surface area contributed by atoms with Crippen LogP contribution in [0.15, 0.2) is 51.9 Å². The maximum atomic E-state index is 11.9. The molecule has 0 bridgehead atoms. The van der Waals surface area contributed by atoms with Gasteiger partial charge in [0, 0.05) is 17.5 Å². The minimum absolute atomic E-state index is 0.231. The molecule has 0 aliphatic rings. The monoisotopic (exact) mass is 312 g/mol. The van der Waals surface area contributed by atoms with E-state index in [1.54, 1.807) is 38.7 Å². The van der Waals surface area contributed by atoms with Crippen LogP contribution in [0.2, 0.25) is 0 Å². The summed E-state index contributed by atoms with van der Waals surface area (Å²) in [5.74, 6) is 1.96. The summed E-state index contributed by atoms with van der Waals surface area (Å²) in [5.41, 5.74) is 1.82. The summed E-state index contributed by atoms with van der Waals surface area (Å²) >= 11 is 0. The van der Waals surface area contributed by atoms with Crippen molar-refractivity contribution in [2.24, 2.45) is 0 Å². The summed E-state index contributed by atoms with van der Waals surface area (Å²) in [4.78, 5) is 11.9. The molecule has 0 unspecified atom stereocenters. The molecule has 2 aromatic heterocycles. The van der Waals surface area contributed by atoms with Gasteiger partial charge in [0.05, 0.1) is 26.2 Å². The molecule has 3 rings (SSSR count). The van der Waals surface area contributed by atoms with E-state index in [0.717, 1.165) is 11.3 Å². The van der Waals surface area contributed by atoms with Crippen LogP contribution in [0.1, 0.15) is 11.3 Å². The number of furan rings is 1. The molecule has 0 spiro atoms. The van der Waals surface area contributed by atoms with Crippen molar-refractivity contribution in [1.29, 1.82) is 0 Å². The Balaban J connectivity index is 1.99. The summed E-state index contributed by atoms with van der Waals surface area (Å²) in [7, 11) is 3.15. The zero-order valence-corrected chi connectivity index (χ0v) is 12.8. The Morgan fingerprint density at radius 2 is 1.96 bits per heavy atom. The predicted octanol–water partition coefficient (Wildman–Crippen LogP) is 2.64. The van der Waals surface area contributed by atoms with E-state index < -0.39 is 0 Å². The number of nitrogens with zero attached hydrogens (tertiary/aromatic N) is 1. The number of H-pyrrole nitrogens is 1. The third-order valence-electron chi connectivity index (χ3n) is 3.50. The zero-order valence-electron chi connectivity index (χ0n) is 12.8. The fourth-order valence-electron chi connectivity index (χ4n) is 2.32. The molecular weight excluding hydrogens is 296 g/mol. The van der Waals surface area contributed by atoms with Crippen LogP contribution in [0.25, 0.3) is 11.3 Å². The average Bonchev–Trinajstić information content (AvgIpc) is 3.09. The predicted molar refractivity (Wildman–Crippen MR) is 84.9 cm³/mol. The number of ether oxygens (including phenoxy) is 2. The molecule has 23 heavy (non-hydrogen) atoms. The van der Waals surface area contributed by atoms with Gasteiger partial charge in [-0.2, -0.15) is 5.10 Å². The number of aromatic nitrogens is 2. The van der Waals surface area contributed by atoms with Crippen molar-refractivity contribution in [2.45, 2.75) is 6.42 Å². The number of hydrogen-bond acceptors (Lipinski definition) is 5. The Kier molecular flexibility index (Phi) is 4.14. The van der Waals surface area contributed by atoms with Crippen molar-refractivity contribution in [1.82, 2.24) is 10.2 Å². The van der Waals surface area contributed by atoms with Gasteiger partial charge >= 0.3 is 0 Å². The first-order valence-electron chi connectivity index (χ1n) is 7.04. The molecular formula is C17H16N2O4. The molecule has 0 aliphatic carbocycles. The molecule has 0 saturated carbocycles. The summed E-state index contributed by atoms with van der Waals surface area (Å²) in [6.07, 6.45) is 1.99. The van der Waals surface area contributed by atoms with E-state index in [1.807, 2.05) is 18.2 Å². The van der Waals surface area contributed by atoms with Crippen molar-refractivity contribution in [3.8, 4) is 22.8 Å². The number of aromatic amines is 1. The topological polar surface area (TPSA) is 77.4 Å². The number of rotatable bonds is 5. The van der Waals surface area contributed by atoms with E-state index in [9.17, 15) is 4.79 Å².